The van der Waals surface area contributed by atoms with Crippen LogP contribution in [-0.4, -0.2) is 5.11 Å². The molecule has 0 fully saturated rings. The number of hydrogen-bond acceptors (Lipinski definition) is 1. The van der Waals surface area contributed by atoms with Crippen LogP contribution < -0.4 is 0 Å². The average molecular weight is 388 g/mol. The van der Waals surface area contributed by atoms with Crippen LogP contribution in [0.1, 0.15) is 0 Å². The fourth-order valence-electron chi connectivity index (χ4n) is 2.97. The standard InChI is InChI=1S/C18H10FIO/c19-13-7-3-5-11-8-14(20)17-12-6-2-1-4-10(12)9-15(21)18(17)16(11)13/h1-9,21H. The van der Waals surface area contributed by atoms with E-state index in [0.717, 1.165) is 25.1 Å². The Labute approximate surface area is 134 Å². The third-order valence-electron chi connectivity index (χ3n) is 3.85. The molecule has 102 valence electrons. The van der Waals surface area contributed by atoms with Crippen molar-refractivity contribution in [2.24, 2.45) is 0 Å². The van der Waals surface area contributed by atoms with Gasteiger partial charge in [-0.25, -0.2) is 4.39 Å². The van der Waals surface area contributed by atoms with Crippen molar-refractivity contribution in [1.29, 1.82) is 0 Å². The van der Waals surface area contributed by atoms with Crippen LogP contribution in [0.5, 0.6) is 5.75 Å². The van der Waals surface area contributed by atoms with Gasteiger partial charge in [0.25, 0.3) is 0 Å². The molecule has 0 unspecified atom stereocenters. The van der Waals surface area contributed by atoms with Crippen LogP contribution in [0.15, 0.2) is 54.6 Å². The quantitative estimate of drug-likeness (QED) is 0.307. The molecular formula is C18H10FIO. The Kier molecular flexibility index (Phi) is 2.79. The molecule has 4 aromatic carbocycles. The van der Waals surface area contributed by atoms with E-state index in [4.69, 9.17) is 0 Å². The maximum atomic E-state index is 14.3. The van der Waals surface area contributed by atoms with E-state index in [1.165, 1.54) is 6.07 Å². The Morgan fingerprint density at radius 3 is 2.43 bits per heavy atom. The molecule has 1 nitrogen and oxygen atoms in total. The summed E-state index contributed by atoms with van der Waals surface area (Å²) in [4.78, 5) is 0. The lowest BCUT2D eigenvalue weighted by molar-refractivity contribution is 0.482. The summed E-state index contributed by atoms with van der Waals surface area (Å²) in [5.74, 6) is -0.184. The molecule has 0 aliphatic carbocycles. The SMILES string of the molecule is Oc1cc2ccccc2c2c(I)cc3cccc(F)c3c12. The largest absolute Gasteiger partial charge is 0.507 e. The van der Waals surface area contributed by atoms with Crippen molar-refractivity contribution in [3.05, 3.63) is 64.0 Å². The van der Waals surface area contributed by atoms with Gasteiger partial charge in [-0.3, -0.25) is 0 Å². The number of hydrogen-bond donors (Lipinski definition) is 1. The van der Waals surface area contributed by atoms with E-state index >= 15 is 0 Å². The fraction of sp³-hybridized carbons (Fsp3) is 0. The van der Waals surface area contributed by atoms with Crippen molar-refractivity contribution in [3.63, 3.8) is 0 Å². The van der Waals surface area contributed by atoms with Crippen LogP contribution in [0.4, 0.5) is 4.39 Å². The maximum Gasteiger partial charge on any atom is 0.131 e. The first-order chi connectivity index (χ1) is 10.2. The first kappa shape index (κ1) is 12.8. The molecule has 0 saturated carbocycles. The number of rotatable bonds is 0. The summed E-state index contributed by atoms with van der Waals surface area (Å²) in [6.45, 7) is 0. The van der Waals surface area contributed by atoms with E-state index in [2.05, 4.69) is 22.6 Å². The maximum absolute atomic E-state index is 14.3. The highest BCUT2D eigenvalue weighted by Gasteiger charge is 2.15. The minimum Gasteiger partial charge on any atom is -0.507 e. The highest BCUT2D eigenvalue weighted by atomic mass is 127. The Bertz CT molecular complexity index is 1020. The molecule has 0 spiro atoms. The number of aromatic hydroxyl groups is 1. The fourth-order valence-corrected chi connectivity index (χ4v) is 3.86. The zero-order valence-corrected chi connectivity index (χ0v) is 13.1. The van der Waals surface area contributed by atoms with Crippen molar-refractivity contribution in [2.45, 2.75) is 0 Å². The van der Waals surface area contributed by atoms with Gasteiger partial charge < -0.3 is 5.11 Å². The van der Waals surface area contributed by atoms with Gasteiger partial charge in [-0.2, -0.15) is 0 Å². The van der Waals surface area contributed by atoms with Gasteiger partial charge >= 0.3 is 0 Å². The number of fused-ring (bicyclic) bond motifs is 5. The van der Waals surface area contributed by atoms with E-state index in [-0.39, 0.29) is 11.6 Å². The van der Waals surface area contributed by atoms with Gasteiger partial charge in [-0.1, -0.05) is 36.4 Å². The van der Waals surface area contributed by atoms with Crippen molar-refractivity contribution in [1.82, 2.24) is 0 Å². The normalized spacial score (nSPS) is 11.5. The van der Waals surface area contributed by atoms with Crippen LogP contribution >= 0.6 is 22.6 Å². The molecule has 21 heavy (non-hydrogen) atoms. The molecule has 4 rings (SSSR count). The van der Waals surface area contributed by atoms with Crippen LogP contribution in [-0.2, 0) is 0 Å². The van der Waals surface area contributed by atoms with Gasteiger partial charge in [0.2, 0.25) is 0 Å². The molecule has 1 N–H and O–H groups in total. The Hall–Kier alpha value is -1.88. The van der Waals surface area contributed by atoms with Gasteiger partial charge in [0, 0.05) is 19.7 Å². The molecule has 0 heterocycles. The van der Waals surface area contributed by atoms with Crippen molar-refractivity contribution in [3.8, 4) is 5.75 Å². The molecule has 0 bridgehead atoms. The molecule has 4 aromatic rings. The summed E-state index contributed by atoms with van der Waals surface area (Å²) in [6.07, 6.45) is 0. The summed E-state index contributed by atoms with van der Waals surface area (Å²) < 4.78 is 15.3. The third kappa shape index (κ3) is 1.80. The Morgan fingerprint density at radius 1 is 0.810 bits per heavy atom. The van der Waals surface area contributed by atoms with E-state index in [1.807, 2.05) is 36.4 Å². The van der Waals surface area contributed by atoms with Gasteiger partial charge in [0.05, 0.1) is 0 Å². The van der Waals surface area contributed by atoms with E-state index in [0.29, 0.717) is 10.8 Å². The van der Waals surface area contributed by atoms with E-state index < -0.39 is 0 Å². The predicted octanol–water partition coefficient (Wildman–Crippen LogP) is 5.60. The summed E-state index contributed by atoms with van der Waals surface area (Å²) in [7, 11) is 0. The van der Waals surface area contributed by atoms with Gasteiger partial charge in [0.15, 0.2) is 0 Å². The van der Waals surface area contributed by atoms with E-state index in [9.17, 15) is 9.50 Å². The first-order valence-electron chi connectivity index (χ1n) is 6.58. The molecule has 0 aromatic heterocycles. The Balaban J connectivity index is 2.42. The highest BCUT2D eigenvalue weighted by molar-refractivity contribution is 14.1. The van der Waals surface area contributed by atoms with E-state index in [1.54, 1.807) is 12.1 Å². The molecular weight excluding hydrogens is 378 g/mol. The zero-order valence-electron chi connectivity index (χ0n) is 10.9. The van der Waals surface area contributed by atoms with Crippen molar-refractivity contribution < 1.29 is 9.50 Å². The van der Waals surface area contributed by atoms with Gasteiger partial charge in [-0.05, 0) is 56.9 Å². The average Bonchev–Trinajstić information content (AvgIpc) is 2.47. The van der Waals surface area contributed by atoms with Crippen LogP contribution in [0.2, 0.25) is 0 Å². The second kappa shape index (κ2) is 4.56. The zero-order chi connectivity index (χ0) is 14.6. The molecule has 0 aliphatic heterocycles. The number of phenolic OH excluding ortho intramolecular Hbond substituents is 1. The Morgan fingerprint density at radius 2 is 1.57 bits per heavy atom. The summed E-state index contributed by atoms with van der Waals surface area (Å²) >= 11 is 2.25. The number of benzene rings is 4. The molecule has 3 heteroatoms. The molecule has 0 atom stereocenters. The predicted molar refractivity (Wildman–Crippen MR) is 93.3 cm³/mol. The minimum atomic E-state index is -0.306. The van der Waals surface area contributed by atoms with Crippen LogP contribution in [0.25, 0.3) is 32.3 Å². The lowest BCUT2D eigenvalue weighted by Crippen LogP contribution is -1.88. The van der Waals surface area contributed by atoms with Crippen molar-refractivity contribution in [2.75, 3.05) is 0 Å². The first-order valence-corrected chi connectivity index (χ1v) is 7.66. The van der Waals surface area contributed by atoms with Gasteiger partial charge in [-0.15, -0.1) is 0 Å². The topological polar surface area (TPSA) is 20.2 Å². The van der Waals surface area contributed by atoms with Gasteiger partial charge in [0.1, 0.15) is 11.6 Å². The summed E-state index contributed by atoms with van der Waals surface area (Å²) in [5.41, 5.74) is 0. The second-order valence-corrected chi connectivity index (χ2v) is 6.23. The lowest BCUT2D eigenvalue weighted by atomic mass is 9.96. The molecule has 0 amide bonds. The number of halogens is 2. The molecule has 0 saturated heterocycles. The number of phenols is 1. The lowest BCUT2D eigenvalue weighted by Gasteiger charge is -2.12. The molecule has 0 aliphatic rings. The monoisotopic (exact) mass is 388 g/mol. The highest BCUT2D eigenvalue weighted by Crippen LogP contribution is 2.40. The minimum absolute atomic E-state index is 0.123. The van der Waals surface area contributed by atoms with Crippen molar-refractivity contribution >= 4 is 54.9 Å². The summed E-state index contributed by atoms with van der Waals surface area (Å²) in [6, 6.07) is 16.5. The molecule has 0 radical (unpaired) electrons. The second-order valence-electron chi connectivity index (χ2n) is 5.06. The van der Waals surface area contributed by atoms with Crippen LogP contribution in [0, 0.1) is 9.39 Å². The van der Waals surface area contributed by atoms with Crippen LogP contribution in [0.3, 0.4) is 0 Å². The smallest absolute Gasteiger partial charge is 0.131 e. The third-order valence-corrected chi connectivity index (χ3v) is 4.70. The summed E-state index contributed by atoms with van der Waals surface area (Å²) in [5, 5.41) is 15.2.